The van der Waals surface area contributed by atoms with Gasteiger partial charge in [0.2, 0.25) is 15.9 Å². The van der Waals surface area contributed by atoms with Crippen LogP contribution in [-0.4, -0.2) is 58.1 Å². The summed E-state index contributed by atoms with van der Waals surface area (Å²) in [6, 6.07) is 12.3. The third kappa shape index (κ3) is 5.85. The second-order valence-electron chi connectivity index (χ2n) is 8.21. The zero-order valence-electron chi connectivity index (χ0n) is 18.8. The van der Waals surface area contributed by atoms with E-state index in [4.69, 9.17) is 14.2 Å². The molecule has 0 saturated carbocycles. The molecule has 8 nitrogen and oxygen atoms in total. The van der Waals surface area contributed by atoms with Gasteiger partial charge in [0.1, 0.15) is 0 Å². The van der Waals surface area contributed by atoms with E-state index < -0.39 is 10.0 Å². The van der Waals surface area contributed by atoms with E-state index in [1.807, 2.05) is 25.1 Å². The molecule has 1 saturated heterocycles. The van der Waals surface area contributed by atoms with Crippen LogP contribution in [0.2, 0.25) is 0 Å². The van der Waals surface area contributed by atoms with E-state index in [-0.39, 0.29) is 16.8 Å². The lowest BCUT2D eigenvalue weighted by Gasteiger charge is -2.26. The van der Waals surface area contributed by atoms with Crippen LogP contribution in [0.1, 0.15) is 36.9 Å². The Morgan fingerprint density at radius 2 is 1.70 bits per heavy atom. The maximum atomic E-state index is 12.7. The van der Waals surface area contributed by atoms with Gasteiger partial charge in [-0.2, -0.15) is 4.31 Å². The molecule has 2 aromatic rings. The number of carbonyl (C=O) groups is 1. The average Bonchev–Trinajstić information content (AvgIpc) is 3.08. The van der Waals surface area contributed by atoms with E-state index in [0.29, 0.717) is 58.1 Å². The first kappa shape index (κ1) is 23.5. The predicted octanol–water partition coefficient (Wildman–Crippen LogP) is 2.68. The van der Waals surface area contributed by atoms with Crippen molar-refractivity contribution in [1.82, 2.24) is 9.62 Å². The molecule has 2 aromatic carbocycles. The minimum Gasteiger partial charge on any atom is -0.490 e. The monoisotopic (exact) mass is 474 g/mol. The Bertz CT molecular complexity index is 1060. The second kappa shape index (κ2) is 10.5. The number of morpholine rings is 1. The Morgan fingerprint density at radius 1 is 1.00 bits per heavy atom. The van der Waals surface area contributed by atoms with Crippen molar-refractivity contribution >= 4 is 15.9 Å². The molecule has 2 heterocycles. The summed E-state index contributed by atoms with van der Waals surface area (Å²) in [5, 5.41) is 3.02. The molecule has 178 valence electrons. The first-order valence-corrected chi connectivity index (χ1v) is 12.7. The molecule has 0 radical (unpaired) electrons. The van der Waals surface area contributed by atoms with Crippen molar-refractivity contribution < 1.29 is 27.4 Å². The van der Waals surface area contributed by atoms with Crippen LogP contribution < -0.4 is 14.8 Å². The van der Waals surface area contributed by atoms with E-state index in [2.05, 4.69) is 5.32 Å². The molecule has 1 unspecified atom stereocenters. The zero-order valence-corrected chi connectivity index (χ0v) is 19.6. The molecule has 2 aliphatic heterocycles. The molecule has 0 bridgehead atoms. The number of hydrogen-bond donors (Lipinski definition) is 1. The number of amides is 1. The number of sulfonamides is 1. The highest BCUT2D eigenvalue weighted by Crippen LogP contribution is 2.32. The average molecular weight is 475 g/mol. The van der Waals surface area contributed by atoms with Gasteiger partial charge in [-0.05, 0) is 48.7 Å². The zero-order chi connectivity index (χ0) is 23.3. The normalized spacial score (nSPS) is 17.7. The summed E-state index contributed by atoms with van der Waals surface area (Å²) < 4.78 is 43.5. The molecule has 1 atom stereocenters. The Labute approximate surface area is 194 Å². The van der Waals surface area contributed by atoms with Crippen molar-refractivity contribution in [1.29, 1.82) is 0 Å². The van der Waals surface area contributed by atoms with E-state index >= 15 is 0 Å². The van der Waals surface area contributed by atoms with E-state index in [1.165, 1.54) is 4.31 Å². The topological polar surface area (TPSA) is 94.2 Å². The first-order chi connectivity index (χ1) is 15.9. The highest BCUT2D eigenvalue weighted by atomic mass is 32.2. The Hall–Kier alpha value is -2.62. The molecule has 0 aromatic heterocycles. The van der Waals surface area contributed by atoms with Gasteiger partial charge >= 0.3 is 0 Å². The number of rotatable bonds is 7. The van der Waals surface area contributed by atoms with Crippen LogP contribution in [0, 0.1) is 0 Å². The molecular formula is C24H30N2O6S. The molecule has 1 amide bonds. The standard InChI is InChI=1S/C24H30N2O6S/c1-18(20-6-9-22-23(17-20)32-14-2-13-31-22)25-24(27)10-5-19-3-7-21(8-4-19)33(28,29)26-11-15-30-16-12-26/h3-4,6-9,17-18H,2,5,10-16H2,1H3,(H,25,27). The van der Waals surface area contributed by atoms with Crippen molar-refractivity contribution in [3.63, 3.8) is 0 Å². The molecule has 9 heteroatoms. The van der Waals surface area contributed by atoms with Crippen molar-refractivity contribution in [2.75, 3.05) is 39.5 Å². The van der Waals surface area contributed by atoms with Crippen LogP contribution in [-0.2, 0) is 26.0 Å². The van der Waals surface area contributed by atoms with Crippen LogP contribution in [0.5, 0.6) is 11.5 Å². The first-order valence-electron chi connectivity index (χ1n) is 11.3. The number of carbonyl (C=O) groups excluding carboxylic acids is 1. The minimum absolute atomic E-state index is 0.0698. The van der Waals surface area contributed by atoms with Crippen molar-refractivity contribution in [2.24, 2.45) is 0 Å². The third-order valence-corrected chi connectivity index (χ3v) is 7.73. The van der Waals surface area contributed by atoms with Crippen LogP contribution in [0.15, 0.2) is 47.4 Å². The summed E-state index contributed by atoms with van der Waals surface area (Å²) in [6.07, 6.45) is 1.68. The van der Waals surface area contributed by atoms with Gasteiger partial charge in [-0.1, -0.05) is 18.2 Å². The number of aryl methyl sites for hydroxylation is 1. The van der Waals surface area contributed by atoms with Crippen molar-refractivity contribution in [3.8, 4) is 11.5 Å². The fraction of sp³-hybridized carbons (Fsp3) is 0.458. The predicted molar refractivity (Wildman–Crippen MR) is 123 cm³/mol. The van der Waals surface area contributed by atoms with Crippen LogP contribution in [0.3, 0.4) is 0 Å². The summed E-state index contributed by atoms with van der Waals surface area (Å²) in [4.78, 5) is 12.8. The fourth-order valence-corrected chi connectivity index (χ4v) is 5.28. The van der Waals surface area contributed by atoms with Gasteiger partial charge < -0.3 is 19.5 Å². The van der Waals surface area contributed by atoms with Gasteiger partial charge in [0.15, 0.2) is 11.5 Å². The molecular weight excluding hydrogens is 444 g/mol. The molecule has 0 aliphatic carbocycles. The van der Waals surface area contributed by atoms with Gasteiger partial charge in [-0.3, -0.25) is 4.79 Å². The summed E-state index contributed by atoms with van der Waals surface area (Å²) in [5.41, 5.74) is 1.86. The molecule has 2 aliphatic rings. The lowest BCUT2D eigenvalue weighted by molar-refractivity contribution is -0.121. The number of fused-ring (bicyclic) bond motifs is 1. The number of benzene rings is 2. The number of nitrogens with zero attached hydrogens (tertiary/aromatic N) is 1. The van der Waals surface area contributed by atoms with Gasteiger partial charge in [-0.25, -0.2) is 8.42 Å². The van der Waals surface area contributed by atoms with Crippen LogP contribution in [0.4, 0.5) is 0 Å². The Kier molecular flexibility index (Phi) is 7.52. The highest BCUT2D eigenvalue weighted by molar-refractivity contribution is 7.89. The lowest BCUT2D eigenvalue weighted by atomic mass is 10.1. The number of nitrogens with one attached hydrogen (secondary N) is 1. The number of ether oxygens (including phenoxy) is 3. The van der Waals surface area contributed by atoms with Gasteiger partial charge in [0.25, 0.3) is 0 Å². The number of hydrogen-bond acceptors (Lipinski definition) is 6. The van der Waals surface area contributed by atoms with Gasteiger partial charge in [-0.15, -0.1) is 0 Å². The third-order valence-electron chi connectivity index (χ3n) is 5.82. The smallest absolute Gasteiger partial charge is 0.243 e. The molecule has 33 heavy (non-hydrogen) atoms. The van der Waals surface area contributed by atoms with Gasteiger partial charge in [0, 0.05) is 25.9 Å². The summed E-state index contributed by atoms with van der Waals surface area (Å²) >= 11 is 0. The van der Waals surface area contributed by atoms with E-state index in [1.54, 1.807) is 24.3 Å². The minimum atomic E-state index is -3.51. The van der Waals surface area contributed by atoms with Gasteiger partial charge in [0.05, 0.1) is 37.4 Å². The van der Waals surface area contributed by atoms with E-state index in [0.717, 1.165) is 23.3 Å². The van der Waals surface area contributed by atoms with Crippen molar-refractivity contribution in [3.05, 3.63) is 53.6 Å². The Morgan fingerprint density at radius 3 is 2.42 bits per heavy atom. The largest absolute Gasteiger partial charge is 0.490 e. The lowest BCUT2D eigenvalue weighted by Crippen LogP contribution is -2.40. The quantitative estimate of drug-likeness (QED) is 0.663. The summed E-state index contributed by atoms with van der Waals surface area (Å²) in [7, 11) is -3.51. The highest BCUT2D eigenvalue weighted by Gasteiger charge is 2.26. The van der Waals surface area contributed by atoms with Crippen LogP contribution >= 0.6 is 0 Å². The summed E-state index contributed by atoms with van der Waals surface area (Å²) in [6.45, 7) is 4.75. The molecule has 1 N–H and O–H groups in total. The molecule has 1 fully saturated rings. The maximum Gasteiger partial charge on any atom is 0.243 e. The van der Waals surface area contributed by atoms with E-state index in [9.17, 15) is 13.2 Å². The SMILES string of the molecule is CC(NC(=O)CCc1ccc(S(=O)(=O)N2CCOCC2)cc1)c1ccc2c(c1)OCCCO2. The Balaban J connectivity index is 1.30. The molecule has 4 rings (SSSR count). The maximum absolute atomic E-state index is 12.7. The van der Waals surface area contributed by atoms with Crippen molar-refractivity contribution in [2.45, 2.75) is 37.1 Å². The summed E-state index contributed by atoms with van der Waals surface area (Å²) in [5.74, 6) is 1.37. The fourth-order valence-electron chi connectivity index (χ4n) is 3.87. The van der Waals surface area contributed by atoms with Crippen LogP contribution in [0.25, 0.3) is 0 Å². The second-order valence-corrected chi connectivity index (χ2v) is 10.1. The molecule has 0 spiro atoms.